The minimum absolute atomic E-state index is 0.173. The first-order valence-electron chi connectivity index (χ1n) is 7.60. The van der Waals surface area contributed by atoms with Crippen LogP contribution in [-0.4, -0.2) is 33.3 Å². The van der Waals surface area contributed by atoms with Gasteiger partial charge >= 0.3 is 0 Å². The highest BCUT2D eigenvalue weighted by Crippen LogP contribution is 2.30. The summed E-state index contributed by atoms with van der Waals surface area (Å²) in [5, 5.41) is 3.13. The van der Waals surface area contributed by atoms with Crippen molar-refractivity contribution in [1.82, 2.24) is 10.0 Å². The van der Waals surface area contributed by atoms with E-state index in [9.17, 15) is 8.42 Å². The molecular weight excluding hydrogens is 260 g/mol. The highest BCUT2D eigenvalue weighted by molar-refractivity contribution is 7.89. The molecule has 0 bridgehead atoms. The Hall–Kier alpha value is -0.130. The van der Waals surface area contributed by atoms with E-state index in [1.165, 1.54) is 25.7 Å². The van der Waals surface area contributed by atoms with E-state index in [-0.39, 0.29) is 5.75 Å². The first-order chi connectivity index (χ1) is 8.89. The maximum absolute atomic E-state index is 11.8. The molecule has 0 aliphatic heterocycles. The average Bonchev–Trinajstić information content (AvgIpc) is 2.27. The van der Waals surface area contributed by atoms with E-state index in [0.29, 0.717) is 25.0 Å². The summed E-state index contributed by atoms with van der Waals surface area (Å²) >= 11 is 0. The zero-order valence-electron chi connectivity index (χ0n) is 12.6. The molecule has 0 aromatic rings. The third kappa shape index (κ3) is 7.90. The second kappa shape index (κ2) is 8.22. The maximum Gasteiger partial charge on any atom is 0.212 e. The highest BCUT2D eigenvalue weighted by atomic mass is 32.2. The van der Waals surface area contributed by atoms with Gasteiger partial charge in [0.1, 0.15) is 0 Å². The zero-order chi connectivity index (χ0) is 14.3. The molecule has 1 aliphatic carbocycles. The summed E-state index contributed by atoms with van der Waals surface area (Å²) in [7, 11) is -3.10. The monoisotopic (exact) mass is 290 g/mol. The summed E-state index contributed by atoms with van der Waals surface area (Å²) in [6.07, 6.45) is 6.15. The first-order valence-corrected chi connectivity index (χ1v) is 9.25. The lowest BCUT2D eigenvalue weighted by Crippen LogP contribution is -2.35. The quantitative estimate of drug-likeness (QED) is 0.720. The Kier molecular flexibility index (Phi) is 7.32. The first kappa shape index (κ1) is 16.9. The molecule has 19 heavy (non-hydrogen) atoms. The lowest BCUT2D eigenvalue weighted by Gasteiger charge is -2.26. The average molecular weight is 290 g/mol. The van der Waals surface area contributed by atoms with Crippen LogP contribution in [0.5, 0.6) is 0 Å². The van der Waals surface area contributed by atoms with Crippen molar-refractivity contribution in [2.75, 3.05) is 18.8 Å². The number of hydrogen-bond donors (Lipinski definition) is 2. The smallest absolute Gasteiger partial charge is 0.212 e. The molecule has 0 radical (unpaired) electrons. The molecule has 0 aromatic carbocycles. The maximum atomic E-state index is 11.8. The van der Waals surface area contributed by atoms with Gasteiger partial charge in [-0.05, 0) is 24.7 Å². The van der Waals surface area contributed by atoms with E-state index in [1.54, 1.807) is 0 Å². The van der Waals surface area contributed by atoms with E-state index < -0.39 is 10.0 Å². The summed E-state index contributed by atoms with van der Waals surface area (Å²) in [5.74, 6) is 1.69. The van der Waals surface area contributed by atoms with E-state index in [4.69, 9.17) is 0 Å². The summed E-state index contributed by atoms with van der Waals surface area (Å²) in [6, 6.07) is 0.332. The van der Waals surface area contributed by atoms with Crippen molar-refractivity contribution in [2.24, 2.45) is 11.8 Å². The molecule has 114 valence electrons. The van der Waals surface area contributed by atoms with Gasteiger partial charge in [-0.25, -0.2) is 13.1 Å². The summed E-state index contributed by atoms with van der Waals surface area (Å²) in [5.41, 5.74) is 0. The van der Waals surface area contributed by atoms with Crippen LogP contribution in [0, 0.1) is 11.8 Å². The minimum Gasteiger partial charge on any atom is -0.313 e. The van der Waals surface area contributed by atoms with Crippen LogP contribution in [0.25, 0.3) is 0 Å². The predicted octanol–water partition coefficient (Wildman–Crippen LogP) is 2.12. The molecule has 0 aromatic heterocycles. The van der Waals surface area contributed by atoms with Crippen molar-refractivity contribution in [3.63, 3.8) is 0 Å². The topological polar surface area (TPSA) is 58.2 Å². The van der Waals surface area contributed by atoms with Crippen LogP contribution in [0.2, 0.25) is 0 Å². The fourth-order valence-electron chi connectivity index (χ4n) is 2.79. The van der Waals surface area contributed by atoms with E-state index in [1.807, 2.05) is 13.8 Å². The molecular formula is C14H30N2O2S. The second-order valence-electron chi connectivity index (χ2n) is 6.25. The molecule has 2 N–H and O–H groups in total. The largest absolute Gasteiger partial charge is 0.313 e. The van der Waals surface area contributed by atoms with Gasteiger partial charge in [0.15, 0.2) is 0 Å². The van der Waals surface area contributed by atoms with Crippen LogP contribution in [0.15, 0.2) is 0 Å². The molecule has 5 heteroatoms. The molecule has 1 rings (SSSR count). The lowest BCUT2D eigenvalue weighted by atomic mass is 9.81. The van der Waals surface area contributed by atoms with Gasteiger partial charge in [0, 0.05) is 19.1 Å². The van der Waals surface area contributed by atoms with Gasteiger partial charge in [-0.1, -0.05) is 40.0 Å². The summed E-state index contributed by atoms with van der Waals surface area (Å²) < 4.78 is 26.3. The number of hydrogen-bond acceptors (Lipinski definition) is 3. The molecule has 0 spiro atoms. The number of nitrogens with one attached hydrogen (secondary N) is 2. The van der Waals surface area contributed by atoms with Gasteiger partial charge in [0.25, 0.3) is 0 Å². The number of rotatable bonds is 8. The summed E-state index contributed by atoms with van der Waals surface area (Å²) in [6.45, 7) is 7.46. The zero-order valence-corrected chi connectivity index (χ0v) is 13.4. The fourth-order valence-corrected chi connectivity index (χ4v) is 3.75. The van der Waals surface area contributed by atoms with Crippen molar-refractivity contribution < 1.29 is 8.42 Å². The van der Waals surface area contributed by atoms with E-state index in [2.05, 4.69) is 17.0 Å². The van der Waals surface area contributed by atoms with Crippen LogP contribution < -0.4 is 10.0 Å². The Morgan fingerprint density at radius 1 is 1.21 bits per heavy atom. The van der Waals surface area contributed by atoms with Crippen LogP contribution >= 0.6 is 0 Å². The molecule has 1 aliphatic rings. The molecule has 2 atom stereocenters. The molecule has 1 fully saturated rings. The van der Waals surface area contributed by atoms with Gasteiger partial charge in [-0.3, -0.25) is 0 Å². The van der Waals surface area contributed by atoms with Crippen molar-refractivity contribution >= 4 is 10.0 Å². The number of sulfonamides is 1. The third-order valence-corrected chi connectivity index (χ3v) is 5.23. The fraction of sp³-hybridized carbons (Fsp3) is 1.00. The Balaban J connectivity index is 2.16. The molecule has 1 saturated carbocycles. The van der Waals surface area contributed by atoms with Crippen molar-refractivity contribution in [2.45, 2.75) is 58.9 Å². The lowest BCUT2D eigenvalue weighted by molar-refractivity contribution is 0.271. The Labute approximate surface area is 118 Å². The van der Waals surface area contributed by atoms with Crippen molar-refractivity contribution in [3.05, 3.63) is 0 Å². The molecule has 2 unspecified atom stereocenters. The normalized spacial score (nSPS) is 24.8. The standard InChI is InChI=1S/C14H30N2O2S/c1-12(2)15-9-10-19(17,18)16-8-7-14-6-4-5-13(3)11-14/h12-16H,4-11H2,1-3H3. The summed E-state index contributed by atoms with van der Waals surface area (Å²) in [4.78, 5) is 0. The van der Waals surface area contributed by atoms with Crippen molar-refractivity contribution in [3.8, 4) is 0 Å². The molecule has 4 nitrogen and oxygen atoms in total. The van der Waals surface area contributed by atoms with Gasteiger partial charge < -0.3 is 5.32 Å². The molecule has 0 heterocycles. The molecule has 0 amide bonds. The van der Waals surface area contributed by atoms with Gasteiger partial charge in [-0.2, -0.15) is 0 Å². The van der Waals surface area contributed by atoms with Gasteiger partial charge in [0.2, 0.25) is 10.0 Å². The highest BCUT2D eigenvalue weighted by Gasteiger charge is 2.19. The van der Waals surface area contributed by atoms with Crippen LogP contribution in [-0.2, 0) is 10.0 Å². The second-order valence-corrected chi connectivity index (χ2v) is 8.17. The van der Waals surface area contributed by atoms with Crippen LogP contribution in [0.4, 0.5) is 0 Å². The SMILES string of the molecule is CC1CCCC(CCNS(=O)(=O)CCNC(C)C)C1. The minimum atomic E-state index is -3.10. The third-order valence-electron chi connectivity index (χ3n) is 3.84. The van der Waals surface area contributed by atoms with Gasteiger partial charge in [-0.15, -0.1) is 0 Å². The predicted molar refractivity (Wildman–Crippen MR) is 80.7 cm³/mol. The molecule has 0 saturated heterocycles. The van der Waals surface area contributed by atoms with Crippen molar-refractivity contribution in [1.29, 1.82) is 0 Å². The van der Waals surface area contributed by atoms with Crippen LogP contribution in [0.3, 0.4) is 0 Å². The van der Waals surface area contributed by atoms with E-state index in [0.717, 1.165) is 12.3 Å². The Morgan fingerprint density at radius 2 is 1.95 bits per heavy atom. The van der Waals surface area contributed by atoms with Gasteiger partial charge in [0.05, 0.1) is 5.75 Å². The Morgan fingerprint density at radius 3 is 2.58 bits per heavy atom. The van der Waals surface area contributed by atoms with E-state index >= 15 is 0 Å². The van der Waals surface area contributed by atoms with Crippen LogP contribution in [0.1, 0.15) is 52.9 Å². The Bertz CT molecular complexity index is 341.